The molecule has 6 heteroatoms. The summed E-state index contributed by atoms with van der Waals surface area (Å²) in [7, 11) is 0. The summed E-state index contributed by atoms with van der Waals surface area (Å²) in [5.41, 5.74) is 1.47. The third-order valence-electron chi connectivity index (χ3n) is 4.59. The van der Waals surface area contributed by atoms with Crippen LogP contribution in [0.15, 0.2) is 43.0 Å². The van der Waals surface area contributed by atoms with Gasteiger partial charge in [-0.25, -0.2) is 4.98 Å². The fourth-order valence-corrected chi connectivity index (χ4v) is 2.79. The molecule has 0 aliphatic heterocycles. The van der Waals surface area contributed by atoms with Crippen LogP contribution in [0.3, 0.4) is 0 Å². The number of nitrogens with zero attached hydrogens (tertiary/aromatic N) is 2. The monoisotopic (exact) mass is 343 g/mol. The molecule has 2 atom stereocenters. The van der Waals surface area contributed by atoms with E-state index in [1.54, 1.807) is 12.5 Å². The third-order valence-corrected chi connectivity index (χ3v) is 4.59. The summed E-state index contributed by atoms with van der Waals surface area (Å²) in [6, 6.07) is 7.74. The topological polar surface area (TPSA) is 84.2 Å². The number of hydrogen-bond acceptors (Lipinski definition) is 3. The lowest BCUT2D eigenvalue weighted by Gasteiger charge is -2.26. The van der Waals surface area contributed by atoms with Gasteiger partial charge in [0.15, 0.2) is 0 Å². The zero-order valence-corrected chi connectivity index (χ0v) is 14.9. The van der Waals surface area contributed by atoms with E-state index in [2.05, 4.69) is 10.3 Å². The van der Waals surface area contributed by atoms with E-state index in [4.69, 9.17) is 5.11 Å². The molecule has 1 heterocycles. The SMILES string of the molecule is CC[C@](C)(CC(=O)O)CC(=O)N[C@@H](C)c1ccc(-n2ccnc2)cc1. The molecule has 1 aromatic heterocycles. The van der Waals surface area contributed by atoms with Gasteiger partial charge in [-0.15, -0.1) is 0 Å². The highest BCUT2D eigenvalue weighted by Crippen LogP contribution is 2.30. The van der Waals surface area contributed by atoms with Gasteiger partial charge in [0.25, 0.3) is 0 Å². The van der Waals surface area contributed by atoms with Crippen LogP contribution in [0.2, 0.25) is 0 Å². The zero-order valence-electron chi connectivity index (χ0n) is 14.9. The number of nitrogens with one attached hydrogen (secondary N) is 1. The summed E-state index contributed by atoms with van der Waals surface area (Å²) >= 11 is 0. The number of benzene rings is 1. The first-order valence-electron chi connectivity index (χ1n) is 8.42. The minimum Gasteiger partial charge on any atom is -0.481 e. The van der Waals surface area contributed by atoms with Gasteiger partial charge in [-0.05, 0) is 36.5 Å². The Morgan fingerprint density at radius 2 is 1.96 bits per heavy atom. The molecule has 2 rings (SSSR count). The number of carboxylic acid groups (broad SMARTS) is 1. The number of carbonyl (C=O) groups excluding carboxylic acids is 1. The van der Waals surface area contributed by atoms with Crippen molar-refractivity contribution >= 4 is 11.9 Å². The molecule has 1 amide bonds. The van der Waals surface area contributed by atoms with Gasteiger partial charge in [0, 0.05) is 24.5 Å². The molecular formula is C19H25N3O3. The molecule has 134 valence electrons. The first-order valence-corrected chi connectivity index (χ1v) is 8.42. The number of amides is 1. The van der Waals surface area contributed by atoms with Crippen molar-refractivity contribution < 1.29 is 14.7 Å². The summed E-state index contributed by atoms with van der Waals surface area (Å²) in [4.78, 5) is 27.3. The van der Waals surface area contributed by atoms with Crippen molar-refractivity contribution in [3.8, 4) is 5.69 Å². The second-order valence-corrected chi connectivity index (χ2v) is 6.76. The first kappa shape index (κ1) is 18.7. The van der Waals surface area contributed by atoms with E-state index < -0.39 is 11.4 Å². The van der Waals surface area contributed by atoms with Gasteiger partial charge in [-0.2, -0.15) is 0 Å². The highest BCUT2D eigenvalue weighted by molar-refractivity contribution is 5.78. The number of carbonyl (C=O) groups is 2. The van der Waals surface area contributed by atoms with E-state index >= 15 is 0 Å². The molecule has 1 aromatic carbocycles. The molecule has 0 saturated heterocycles. The molecule has 6 nitrogen and oxygen atoms in total. The molecule has 0 radical (unpaired) electrons. The van der Waals surface area contributed by atoms with E-state index in [9.17, 15) is 9.59 Å². The summed E-state index contributed by atoms with van der Waals surface area (Å²) in [5, 5.41) is 12.0. The molecule has 0 aliphatic carbocycles. The van der Waals surface area contributed by atoms with Crippen molar-refractivity contribution in [2.75, 3.05) is 0 Å². The average Bonchev–Trinajstić information content (AvgIpc) is 3.08. The Morgan fingerprint density at radius 1 is 1.28 bits per heavy atom. The highest BCUT2D eigenvalue weighted by Gasteiger charge is 2.29. The lowest BCUT2D eigenvalue weighted by atomic mass is 9.80. The smallest absolute Gasteiger partial charge is 0.303 e. The van der Waals surface area contributed by atoms with Crippen LogP contribution in [0.4, 0.5) is 0 Å². The van der Waals surface area contributed by atoms with E-state index in [-0.39, 0.29) is 24.8 Å². The quantitative estimate of drug-likeness (QED) is 0.770. The van der Waals surface area contributed by atoms with Crippen molar-refractivity contribution in [3.63, 3.8) is 0 Å². The van der Waals surface area contributed by atoms with Crippen molar-refractivity contribution in [1.82, 2.24) is 14.9 Å². The molecule has 0 aliphatic rings. The fraction of sp³-hybridized carbons (Fsp3) is 0.421. The third kappa shape index (κ3) is 5.17. The van der Waals surface area contributed by atoms with Crippen LogP contribution in [0.25, 0.3) is 5.69 Å². The van der Waals surface area contributed by atoms with Gasteiger partial charge in [0.05, 0.1) is 18.8 Å². The van der Waals surface area contributed by atoms with Gasteiger partial charge in [-0.3, -0.25) is 9.59 Å². The minimum atomic E-state index is -0.875. The maximum atomic E-state index is 12.3. The predicted molar refractivity (Wildman–Crippen MR) is 95.4 cm³/mol. The summed E-state index contributed by atoms with van der Waals surface area (Å²) in [6.45, 7) is 5.67. The Morgan fingerprint density at radius 3 is 2.48 bits per heavy atom. The number of hydrogen-bond donors (Lipinski definition) is 2. The van der Waals surface area contributed by atoms with Crippen LogP contribution in [0, 0.1) is 5.41 Å². The lowest BCUT2D eigenvalue weighted by molar-refractivity contribution is -0.140. The van der Waals surface area contributed by atoms with E-state index in [1.807, 2.05) is 55.8 Å². The molecular weight excluding hydrogens is 318 g/mol. The van der Waals surface area contributed by atoms with Gasteiger partial charge in [0.1, 0.15) is 0 Å². The van der Waals surface area contributed by atoms with Gasteiger partial charge in [0.2, 0.25) is 5.91 Å². The van der Waals surface area contributed by atoms with Crippen LogP contribution in [-0.2, 0) is 9.59 Å². The molecule has 0 unspecified atom stereocenters. The standard InChI is InChI=1S/C19H25N3O3/c1-4-19(3,12-18(24)25)11-17(23)21-14(2)15-5-7-16(8-6-15)22-10-9-20-13-22/h5-10,13-14H,4,11-12H2,1-3H3,(H,21,23)(H,24,25)/t14-,19-/m0/s1. The van der Waals surface area contributed by atoms with E-state index in [1.165, 1.54) is 0 Å². The van der Waals surface area contributed by atoms with Gasteiger partial charge < -0.3 is 15.0 Å². The van der Waals surface area contributed by atoms with Crippen LogP contribution in [0.1, 0.15) is 51.6 Å². The number of carboxylic acids is 1. The van der Waals surface area contributed by atoms with Crippen LogP contribution in [0.5, 0.6) is 0 Å². The Hall–Kier alpha value is -2.63. The first-order chi connectivity index (χ1) is 11.8. The molecule has 25 heavy (non-hydrogen) atoms. The van der Waals surface area contributed by atoms with Crippen LogP contribution >= 0.6 is 0 Å². The summed E-state index contributed by atoms with van der Waals surface area (Å²) in [5.74, 6) is -1.00. The van der Waals surface area contributed by atoms with Crippen molar-refractivity contribution in [2.45, 2.75) is 46.1 Å². The number of aliphatic carboxylic acids is 1. The van der Waals surface area contributed by atoms with E-state index in [0.29, 0.717) is 6.42 Å². The maximum absolute atomic E-state index is 12.3. The highest BCUT2D eigenvalue weighted by atomic mass is 16.4. The van der Waals surface area contributed by atoms with Gasteiger partial charge in [-0.1, -0.05) is 26.0 Å². The average molecular weight is 343 g/mol. The minimum absolute atomic E-state index is 0.00902. The summed E-state index contributed by atoms with van der Waals surface area (Å²) < 4.78 is 1.91. The number of imidazole rings is 1. The molecule has 0 bridgehead atoms. The normalized spacial score (nSPS) is 14.5. The lowest BCUT2D eigenvalue weighted by Crippen LogP contribution is -2.33. The Bertz CT molecular complexity index is 710. The largest absolute Gasteiger partial charge is 0.481 e. The number of aromatic nitrogens is 2. The molecule has 2 N–H and O–H groups in total. The zero-order chi connectivity index (χ0) is 18.4. The van der Waals surface area contributed by atoms with Crippen LogP contribution < -0.4 is 5.32 Å². The Kier molecular flexibility index (Phi) is 5.96. The molecule has 2 aromatic rings. The maximum Gasteiger partial charge on any atom is 0.303 e. The molecule has 0 saturated carbocycles. The predicted octanol–water partition coefficient (Wildman–Crippen LogP) is 3.33. The van der Waals surface area contributed by atoms with Crippen LogP contribution in [-0.4, -0.2) is 26.5 Å². The van der Waals surface area contributed by atoms with Crippen molar-refractivity contribution in [3.05, 3.63) is 48.5 Å². The second kappa shape index (κ2) is 7.96. The van der Waals surface area contributed by atoms with E-state index in [0.717, 1.165) is 11.3 Å². The molecule has 0 fully saturated rings. The summed E-state index contributed by atoms with van der Waals surface area (Å²) in [6.07, 6.45) is 6.15. The van der Waals surface area contributed by atoms with Crippen molar-refractivity contribution in [2.24, 2.45) is 5.41 Å². The number of rotatable bonds is 8. The fourth-order valence-electron chi connectivity index (χ4n) is 2.79. The Balaban J connectivity index is 1.97. The van der Waals surface area contributed by atoms with Gasteiger partial charge >= 0.3 is 5.97 Å². The van der Waals surface area contributed by atoms with Crippen molar-refractivity contribution in [1.29, 1.82) is 0 Å². The molecule has 0 spiro atoms. The Labute approximate surface area is 147 Å². The second-order valence-electron chi connectivity index (χ2n) is 6.76.